The van der Waals surface area contributed by atoms with Crippen molar-refractivity contribution in [1.82, 2.24) is 9.55 Å². The van der Waals surface area contributed by atoms with Gasteiger partial charge < -0.3 is 9.67 Å². The Hall–Kier alpha value is -2.77. The largest absolute Gasteiger partial charge is 0.509 e. The smallest absolute Gasteiger partial charge is 0.155 e. The second-order valence-electron chi connectivity index (χ2n) is 5.13. The first kappa shape index (κ1) is 15.1. The van der Waals surface area contributed by atoms with Gasteiger partial charge in [-0.3, -0.25) is 0 Å². The number of aliphatic hydroxyl groups excluding tert-OH is 1. The molecule has 0 amide bonds. The minimum absolute atomic E-state index is 0.0764. The van der Waals surface area contributed by atoms with Crippen molar-refractivity contribution in [3.8, 4) is 6.07 Å². The summed E-state index contributed by atoms with van der Waals surface area (Å²) in [5, 5.41) is 19.2. The van der Waals surface area contributed by atoms with Crippen molar-refractivity contribution in [3.05, 3.63) is 71.7 Å². The van der Waals surface area contributed by atoms with Gasteiger partial charge in [0.15, 0.2) is 5.82 Å². The van der Waals surface area contributed by atoms with E-state index in [1.165, 1.54) is 0 Å². The highest BCUT2D eigenvalue weighted by molar-refractivity contribution is 6.23. The number of hydrogen-bond donors (Lipinski definition) is 1. The zero-order chi connectivity index (χ0) is 16.4. The maximum atomic E-state index is 10.5. The second kappa shape index (κ2) is 6.15. The monoisotopic (exact) mass is 323 g/mol. The molecule has 4 nitrogen and oxygen atoms in total. The Morgan fingerprint density at radius 3 is 2.48 bits per heavy atom. The van der Waals surface area contributed by atoms with Crippen molar-refractivity contribution in [2.75, 3.05) is 0 Å². The van der Waals surface area contributed by atoms with Gasteiger partial charge in [0.2, 0.25) is 0 Å². The van der Waals surface area contributed by atoms with Crippen LogP contribution in [0.5, 0.6) is 0 Å². The first-order valence-corrected chi connectivity index (χ1v) is 7.51. The minimum Gasteiger partial charge on any atom is -0.509 e. The van der Waals surface area contributed by atoms with Gasteiger partial charge in [-0.1, -0.05) is 42.5 Å². The highest BCUT2D eigenvalue weighted by Crippen LogP contribution is 2.32. The van der Waals surface area contributed by atoms with E-state index < -0.39 is 5.38 Å². The zero-order valence-corrected chi connectivity index (χ0v) is 13.2. The summed E-state index contributed by atoms with van der Waals surface area (Å²) < 4.78 is 1.78. The lowest BCUT2D eigenvalue weighted by molar-refractivity contribution is 0.397. The Kier molecular flexibility index (Phi) is 4.05. The number of aryl methyl sites for hydroxylation is 1. The van der Waals surface area contributed by atoms with Crippen LogP contribution in [-0.2, 0) is 7.05 Å². The van der Waals surface area contributed by atoms with Crippen LogP contribution in [0.15, 0.2) is 60.4 Å². The predicted molar refractivity (Wildman–Crippen MR) is 90.9 cm³/mol. The van der Waals surface area contributed by atoms with Gasteiger partial charge in [-0.2, -0.15) is 5.26 Å². The Balaban J connectivity index is 2.14. The molecular weight excluding hydrogens is 310 g/mol. The molecule has 0 aliphatic rings. The van der Waals surface area contributed by atoms with Gasteiger partial charge in [-0.25, -0.2) is 4.98 Å². The molecule has 5 heteroatoms. The third-order valence-corrected chi connectivity index (χ3v) is 4.17. The van der Waals surface area contributed by atoms with Crippen molar-refractivity contribution in [1.29, 1.82) is 5.26 Å². The lowest BCUT2D eigenvalue weighted by Gasteiger charge is -2.11. The summed E-state index contributed by atoms with van der Waals surface area (Å²) in [5.41, 5.74) is 2.44. The number of para-hydroxylation sites is 2. The molecular formula is C18H14ClN3O. The summed E-state index contributed by atoms with van der Waals surface area (Å²) in [7, 11) is 1.81. The van der Waals surface area contributed by atoms with Crippen molar-refractivity contribution in [2.45, 2.75) is 5.38 Å². The molecule has 3 rings (SSSR count). The Morgan fingerprint density at radius 1 is 1.17 bits per heavy atom. The number of aromatic nitrogens is 2. The van der Waals surface area contributed by atoms with Gasteiger partial charge in [0.1, 0.15) is 22.8 Å². The van der Waals surface area contributed by atoms with E-state index in [4.69, 9.17) is 11.6 Å². The van der Waals surface area contributed by atoms with E-state index in [-0.39, 0.29) is 11.3 Å². The number of aliphatic hydroxyl groups is 1. The molecule has 114 valence electrons. The number of nitriles is 1. The van der Waals surface area contributed by atoms with Gasteiger partial charge in [0.05, 0.1) is 11.0 Å². The Labute approximate surface area is 138 Å². The van der Waals surface area contributed by atoms with E-state index in [0.29, 0.717) is 5.82 Å². The fourth-order valence-electron chi connectivity index (χ4n) is 2.50. The van der Waals surface area contributed by atoms with Gasteiger partial charge in [-0.15, -0.1) is 11.6 Å². The standard InChI is InChI=1S/C18H14ClN3O/c1-22-15-10-6-5-9-14(15)21-18(22)13(11-20)17(23)16(19)12-7-3-2-4-8-12/h2-10,16,23H,1H3/b17-13-. The van der Waals surface area contributed by atoms with E-state index >= 15 is 0 Å². The summed E-state index contributed by atoms with van der Waals surface area (Å²) in [6.45, 7) is 0. The van der Waals surface area contributed by atoms with Gasteiger partial charge >= 0.3 is 0 Å². The van der Waals surface area contributed by atoms with Gasteiger partial charge in [0, 0.05) is 7.05 Å². The molecule has 0 spiro atoms. The van der Waals surface area contributed by atoms with Crippen LogP contribution in [0.1, 0.15) is 16.8 Å². The number of alkyl halides is 1. The zero-order valence-electron chi connectivity index (χ0n) is 12.4. The number of rotatable bonds is 3. The highest BCUT2D eigenvalue weighted by Gasteiger charge is 2.22. The quantitative estimate of drug-likeness (QED) is 0.443. The van der Waals surface area contributed by atoms with Gasteiger partial charge in [0.25, 0.3) is 0 Å². The summed E-state index contributed by atoms with van der Waals surface area (Å²) >= 11 is 6.34. The Bertz CT molecular complexity index is 922. The molecule has 3 aromatic rings. The molecule has 0 bridgehead atoms. The molecule has 0 saturated heterocycles. The summed E-state index contributed by atoms with van der Waals surface area (Å²) in [5.74, 6) is 0.201. The lowest BCUT2D eigenvalue weighted by atomic mass is 10.1. The first-order chi connectivity index (χ1) is 11.1. The average Bonchev–Trinajstić information content (AvgIpc) is 2.93. The molecule has 0 fully saturated rings. The van der Waals surface area contributed by atoms with E-state index in [1.54, 1.807) is 23.7 Å². The number of halogens is 1. The fraction of sp³-hybridized carbons (Fsp3) is 0.111. The molecule has 1 N–H and O–H groups in total. The van der Waals surface area contributed by atoms with Crippen LogP contribution >= 0.6 is 11.6 Å². The minimum atomic E-state index is -0.800. The number of allylic oxidation sites excluding steroid dienone is 2. The number of benzene rings is 2. The number of nitrogens with zero attached hydrogens (tertiary/aromatic N) is 3. The van der Waals surface area contributed by atoms with E-state index in [9.17, 15) is 10.4 Å². The molecule has 1 atom stereocenters. The van der Waals surface area contributed by atoms with Crippen molar-refractivity contribution in [3.63, 3.8) is 0 Å². The maximum absolute atomic E-state index is 10.5. The van der Waals surface area contributed by atoms with Crippen molar-refractivity contribution >= 4 is 28.2 Å². The summed E-state index contributed by atoms with van der Waals surface area (Å²) in [6, 6.07) is 18.7. The third kappa shape index (κ3) is 2.67. The van der Waals surface area contributed by atoms with Crippen LogP contribution < -0.4 is 0 Å². The molecule has 1 aromatic heterocycles. The van der Waals surface area contributed by atoms with Crippen molar-refractivity contribution in [2.24, 2.45) is 7.05 Å². The molecule has 0 aliphatic heterocycles. The average molecular weight is 324 g/mol. The maximum Gasteiger partial charge on any atom is 0.155 e. The molecule has 1 heterocycles. The predicted octanol–water partition coefficient (Wildman–Crippen LogP) is 4.35. The van der Waals surface area contributed by atoms with E-state index in [2.05, 4.69) is 4.98 Å². The normalized spacial score (nSPS) is 13.4. The third-order valence-electron chi connectivity index (χ3n) is 3.71. The molecule has 1 unspecified atom stereocenters. The molecule has 2 aromatic carbocycles. The molecule has 0 radical (unpaired) electrons. The van der Waals surface area contributed by atoms with Crippen LogP contribution in [0.3, 0.4) is 0 Å². The van der Waals surface area contributed by atoms with Crippen LogP contribution in [0.4, 0.5) is 0 Å². The second-order valence-corrected chi connectivity index (χ2v) is 5.56. The molecule has 23 heavy (non-hydrogen) atoms. The van der Waals surface area contributed by atoms with Crippen LogP contribution in [0, 0.1) is 11.3 Å². The first-order valence-electron chi connectivity index (χ1n) is 7.07. The Morgan fingerprint density at radius 2 is 1.83 bits per heavy atom. The molecule has 0 saturated carbocycles. The highest BCUT2D eigenvalue weighted by atomic mass is 35.5. The van der Waals surface area contributed by atoms with Crippen LogP contribution in [0.2, 0.25) is 0 Å². The van der Waals surface area contributed by atoms with Gasteiger partial charge in [-0.05, 0) is 17.7 Å². The lowest BCUT2D eigenvalue weighted by Crippen LogP contribution is -2.03. The summed E-state index contributed by atoms with van der Waals surface area (Å²) in [6.07, 6.45) is 0. The number of hydrogen-bond acceptors (Lipinski definition) is 3. The van der Waals surface area contributed by atoms with Crippen LogP contribution in [0.25, 0.3) is 16.6 Å². The SMILES string of the molecule is Cn1c(/C(C#N)=C(\O)C(Cl)c2ccccc2)nc2ccccc21. The van der Waals surface area contributed by atoms with Crippen molar-refractivity contribution < 1.29 is 5.11 Å². The van der Waals surface area contributed by atoms with E-state index in [1.807, 2.05) is 48.5 Å². The number of fused-ring (bicyclic) bond motifs is 1. The summed E-state index contributed by atoms with van der Waals surface area (Å²) in [4.78, 5) is 4.44. The van der Waals surface area contributed by atoms with E-state index in [0.717, 1.165) is 16.6 Å². The van der Waals surface area contributed by atoms with Crippen LogP contribution in [-0.4, -0.2) is 14.7 Å². The fourth-order valence-corrected chi connectivity index (χ4v) is 2.75. The molecule has 0 aliphatic carbocycles. The number of imidazole rings is 1. The topological polar surface area (TPSA) is 61.8 Å².